The Balaban J connectivity index is 1.03. The van der Waals surface area contributed by atoms with E-state index < -0.39 is 11.9 Å². The maximum Gasteiger partial charge on any atom is 0.337 e. The number of carbonyl (C=O) groups excluding carboxylic acids is 2. The van der Waals surface area contributed by atoms with Gasteiger partial charge in [-0.1, -0.05) is 267 Å². The van der Waals surface area contributed by atoms with E-state index in [0.29, 0.717) is 11.1 Å². The highest BCUT2D eigenvalue weighted by Gasteiger charge is 2.20. The lowest BCUT2D eigenvalue weighted by Gasteiger charge is -2.14. The number of ether oxygens (including phenoxy) is 2. The third kappa shape index (κ3) is 9.22. The van der Waals surface area contributed by atoms with Gasteiger partial charge in [-0.05, 0) is 255 Å². The van der Waals surface area contributed by atoms with Crippen LogP contribution in [0.5, 0.6) is 0 Å². The Morgan fingerprint density at radius 3 is 0.470 bits per heavy atom. The lowest BCUT2D eigenvalue weighted by Crippen LogP contribution is -2.00. The number of methoxy groups -OCH3 is 2. The van der Waals surface area contributed by atoms with Crippen LogP contribution in [0, 0.1) is 0 Å². The molecule has 0 fully saturated rings. The molecule has 0 unspecified atom stereocenters. The van der Waals surface area contributed by atoms with Gasteiger partial charge < -0.3 is 9.47 Å². The molecule has 0 spiro atoms. The third-order valence-electron chi connectivity index (χ3n) is 20.9. The van der Waals surface area contributed by atoms with E-state index in [1.54, 1.807) is 0 Å². The van der Waals surface area contributed by atoms with Crippen LogP contribution in [0.1, 0.15) is 20.7 Å². The molecule has 0 saturated carbocycles. The van der Waals surface area contributed by atoms with Gasteiger partial charge in [-0.25, -0.2) is 9.59 Å². The monoisotopic (exact) mass is 1280 g/mol. The summed E-state index contributed by atoms with van der Waals surface area (Å²) < 4.78 is 11.3. The molecule has 0 aliphatic heterocycles. The average molecular weight is 1280 g/mol. The van der Waals surface area contributed by atoms with Gasteiger partial charge in [-0.15, -0.1) is 0 Å². The Morgan fingerprint density at radius 1 is 0.170 bits per heavy atom. The first-order valence-corrected chi connectivity index (χ1v) is 34.0. The van der Waals surface area contributed by atoms with Gasteiger partial charge in [0, 0.05) is 0 Å². The van der Waals surface area contributed by atoms with Crippen LogP contribution >= 0.6 is 0 Å². The minimum atomic E-state index is -0.406. The van der Waals surface area contributed by atoms with E-state index in [0.717, 1.165) is 194 Å². The minimum Gasteiger partial charge on any atom is -0.465 e. The fourth-order valence-corrected chi connectivity index (χ4v) is 16.7. The normalized spacial score (nSPS) is 11.8. The van der Waals surface area contributed by atoms with E-state index in [9.17, 15) is 9.59 Å². The fraction of sp³-hybridized carbons (Fsp3) is 0.0208. The van der Waals surface area contributed by atoms with Crippen LogP contribution < -0.4 is 0 Å². The molecule has 0 aromatic heterocycles. The van der Waals surface area contributed by atoms with E-state index in [4.69, 9.17) is 9.47 Å². The summed E-state index contributed by atoms with van der Waals surface area (Å²) in [6.07, 6.45) is 0. The first kappa shape index (κ1) is 58.3. The molecule has 0 amide bonds. The average Bonchev–Trinajstić information content (AvgIpc) is 0.740. The third-order valence-corrected chi connectivity index (χ3v) is 20.9. The Labute approximate surface area is 574 Å². The van der Waals surface area contributed by atoms with Gasteiger partial charge >= 0.3 is 11.9 Å². The van der Waals surface area contributed by atoms with Crippen LogP contribution in [-0.4, -0.2) is 26.2 Å². The number of esters is 2. The van der Waals surface area contributed by atoms with E-state index in [2.05, 4.69) is 303 Å². The highest BCUT2D eigenvalue weighted by molar-refractivity contribution is 6.38. The molecule has 0 radical (unpaired) electrons. The topological polar surface area (TPSA) is 52.6 Å². The van der Waals surface area contributed by atoms with Crippen LogP contribution in [0.3, 0.4) is 0 Å². The highest BCUT2D eigenvalue weighted by atomic mass is 16.5. The molecular formula is C96H60O4. The minimum absolute atomic E-state index is 0.406. The standard InChI is InChI=1S/C96H60O4/c1-99-95(97)69-53-65-51-66(54-69)92-81-41-13-5-33-73(81)88(74-34-6-14-42-82(74)92)62-28-20-24-58(48-62)60-26-22-30-64(50-60)90-77-37-9-17-45-85(77)94(86-46-18-10-38-78(86)90)68-52-67(55-70(56-68)96(98)100-2)93-83-43-15-7-35-75(83)89(76-36-8-16-44-84(76)93)63-29-21-25-59(49-63)57-23-19-27-61(47-57)87-71-31-3-11-39-79(71)91(65)80-40-12-4-32-72(80)87/h3-56H,1-2H3. The maximum absolute atomic E-state index is 14.3. The molecule has 19 aromatic carbocycles. The zero-order valence-electron chi connectivity index (χ0n) is 54.8. The van der Waals surface area contributed by atoms with Gasteiger partial charge in [0.05, 0.1) is 25.3 Å². The zero-order valence-corrected chi connectivity index (χ0v) is 54.8. The molecule has 0 aliphatic carbocycles. The number of benzene rings is 18. The van der Waals surface area contributed by atoms with Crippen LogP contribution in [0.2, 0.25) is 0 Å². The number of carbonyl (C=O) groups is 2. The summed E-state index contributed by atoms with van der Waals surface area (Å²) in [5, 5.41) is 38.3. The van der Waals surface area contributed by atoms with Crippen molar-refractivity contribution in [3.8, 4) is 0 Å². The van der Waals surface area contributed by atoms with Crippen molar-refractivity contribution < 1.29 is 19.1 Å². The molecular weight excluding hydrogens is 1220 g/mol. The molecule has 19 aromatic rings. The largest absolute Gasteiger partial charge is 0.465 e. The van der Waals surface area contributed by atoms with Gasteiger partial charge in [-0.3, -0.25) is 0 Å². The number of hydrogen-bond donors (Lipinski definition) is 0. The van der Waals surface area contributed by atoms with Crippen molar-refractivity contribution in [2.24, 2.45) is 0 Å². The second kappa shape index (κ2) is 23.4. The van der Waals surface area contributed by atoms with Crippen molar-refractivity contribution in [1.29, 1.82) is 0 Å². The predicted octanol–water partition coefficient (Wildman–Crippen LogP) is 26.0. The molecule has 0 aliphatic rings. The van der Waals surface area contributed by atoms with Crippen molar-refractivity contribution in [3.63, 3.8) is 0 Å². The first-order chi connectivity index (χ1) is 49.3. The summed E-state index contributed by atoms with van der Waals surface area (Å²) in [5.41, 5.74) is 0.935. The van der Waals surface area contributed by atoms with E-state index in [1.165, 1.54) is 14.2 Å². The van der Waals surface area contributed by atoms with Crippen molar-refractivity contribution in [3.05, 3.63) is 339 Å². The van der Waals surface area contributed by atoms with Gasteiger partial charge in [-0.2, -0.15) is 0 Å². The highest BCUT2D eigenvalue weighted by Crippen LogP contribution is 2.46. The predicted molar refractivity (Wildman–Crippen MR) is 426 cm³/mol. The second-order valence-corrected chi connectivity index (χ2v) is 26.3. The van der Waals surface area contributed by atoms with Gasteiger partial charge in [0.2, 0.25) is 0 Å². The molecule has 4 heteroatoms. The molecule has 0 saturated heterocycles. The summed E-state index contributed by atoms with van der Waals surface area (Å²) in [6.45, 7) is 0. The second-order valence-electron chi connectivity index (χ2n) is 26.3. The lowest BCUT2D eigenvalue weighted by molar-refractivity contribution is 0.0592. The lowest BCUT2D eigenvalue weighted by atomic mass is 9.89. The molecule has 4 nitrogen and oxygen atoms in total. The molecule has 20 bridgehead atoms. The molecule has 0 atom stereocenters. The summed E-state index contributed by atoms with van der Waals surface area (Å²) >= 11 is 0. The number of hydrogen-bond acceptors (Lipinski definition) is 4. The van der Waals surface area contributed by atoms with Crippen molar-refractivity contribution in [2.75, 3.05) is 14.2 Å². The summed E-state index contributed by atoms with van der Waals surface area (Å²) in [7, 11) is 2.93. The van der Waals surface area contributed by atoms with Crippen molar-refractivity contribution in [2.45, 2.75) is 0 Å². The van der Waals surface area contributed by atoms with Crippen molar-refractivity contribution in [1.82, 2.24) is 0 Å². The van der Waals surface area contributed by atoms with E-state index >= 15 is 0 Å². The zero-order chi connectivity index (χ0) is 66.7. The van der Waals surface area contributed by atoms with Crippen LogP contribution in [0.25, 0.3) is 194 Å². The number of rotatable bonds is 2. The first-order valence-electron chi connectivity index (χ1n) is 34.0. The van der Waals surface area contributed by atoms with Crippen LogP contribution in [-0.2, 0) is 9.47 Å². The quantitative estimate of drug-likeness (QED) is 0.128. The molecule has 468 valence electrons. The van der Waals surface area contributed by atoms with E-state index in [-0.39, 0.29) is 0 Å². The number of fused-ring (bicyclic) bond motifs is 34. The summed E-state index contributed by atoms with van der Waals surface area (Å²) in [6, 6.07) is 118. The maximum atomic E-state index is 14.3. The molecule has 0 heterocycles. The van der Waals surface area contributed by atoms with Crippen LogP contribution in [0.4, 0.5) is 0 Å². The smallest absolute Gasteiger partial charge is 0.337 e. The Hall–Kier alpha value is -13.0. The van der Waals surface area contributed by atoms with Gasteiger partial charge in [0.15, 0.2) is 0 Å². The molecule has 19 rings (SSSR count). The molecule has 100 heavy (non-hydrogen) atoms. The Kier molecular flexibility index (Phi) is 13.6. The SMILES string of the molecule is COC(=O)c1cc2cc(c1)c1c3ccccc3c(c3cccc(c3)c3cccc(c3)c3c4ccccc4c(c4cc(C(=O)OC)cc(c4)c4c5ccccc5c(c5cccc(c5)c5cccc(c5)c5c6ccccc6c2c2ccccc25)c2ccccc24)c2ccccc23)c2ccccc21. The van der Waals surface area contributed by atoms with E-state index in [1.807, 2.05) is 24.3 Å². The van der Waals surface area contributed by atoms with Crippen molar-refractivity contribution >= 4 is 206 Å². The Morgan fingerprint density at radius 2 is 0.310 bits per heavy atom. The fourth-order valence-electron chi connectivity index (χ4n) is 16.7. The Bertz CT molecular complexity index is 6090. The van der Waals surface area contributed by atoms with Gasteiger partial charge in [0.1, 0.15) is 0 Å². The molecule has 0 N–H and O–H groups in total. The summed E-state index contributed by atoms with van der Waals surface area (Å²) in [4.78, 5) is 28.6. The summed E-state index contributed by atoms with van der Waals surface area (Å²) in [5.74, 6) is -0.811. The van der Waals surface area contributed by atoms with Gasteiger partial charge in [0.25, 0.3) is 0 Å². The van der Waals surface area contributed by atoms with Crippen LogP contribution in [0.15, 0.2) is 328 Å².